The van der Waals surface area contributed by atoms with Gasteiger partial charge >= 0.3 is 5.97 Å². The van der Waals surface area contributed by atoms with Crippen molar-refractivity contribution in [2.75, 3.05) is 33.3 Å². The summed E-state index contributed by atoms with van der Waals surface area (Å²) in [5, 5.41) is 0. The minimum atomic E-state index is -0.509. The molecule has 0 aromatic rings. The minimum absolute atomic E-state index is 0.0338. The first-order chi connectivity index (χ1) is 7.58. The summed E-state index contributed by atoms with van der Waals surface area (Å²) < 4.78 is 4.45. The fourth-order valence-electron chi connectivity index (χ4n) is 1.54. The van der Waals surface area contributed by atoms with E-state index in [1.807, 2.05) is 6.92 Å². The highest BCUT2D eigenvalue weighted by Gasteiger charge is 2.30. The third kappa shape index (κ3) is 2.95. The number of hydrogen-bond donors (Lipinski definition) is 0. The highest BCUT2D eigenvalue weighted by Crippen LogP contribution is 2.05. The van der Waals surface area contributed by atoms with Gasteiger partial charge in [-0.1, -0.05) is 6.92 Å². The summed E-state index contributed by atoms with van der Waals surface area (Å²) in [5.74, 6) is -0.839. The summed E-state index contributed by atoms with van der Waals surface area (Å²) >= 11 is 0. The second kappa shape index (κ2) is 5.48. The van der Waals surface area contributed by atoms with Gasteiger partial charge in [-0.25, -0.2) is 0 Å². The number of carbonyl (C=O) groups is 3. The summed E-state index contributed by atoms with van der Waals surface area (Å²) in [4.78, 5) is 36.9. The van der Waals surface area contributed by atoms with E-state index in [9.17, 15) is 14.4 Å². The molecule has 1 fully saturated rings. The Bertz CT molecular complexity index is 303. The van der Waals surface area contributed by atoms with Crippen LogP contribution in [0.4, 0.5) is 0 Å². The molecule has 2 amide bonds. The molecule has 0 aromatic carbocycles. The molecular formula is C10H16N2O4. The molecule has 16 heavy (non-hydrogen) atoms. The number of esters is 1. The number of rotatable bonds is 4. The van der Waals surface area contributed by atoms with Crippen LogP contribution in [0.1, 0.15) is 13.3 Å². The lowest BCUT2D eigenvalue weighted by molar-refractivity contribution is -0.155. The first kappa shape index (κ1) is 12.5. The number of nitrogens with zero attached hydrogens (tertiary/aromatic N) is 2. The van der Waals surface area contributed by atoms with Crippen LogP contribution in [-0.4, -0.2) is 60.9 Å². The number of ether oxygens (including phenoxy) is 1. The van der Waals surface area contributed by atoms with Gasteiger partial charge in [0, 0.05) is 6.54 Å². The van der Waals surface area contributed by atoms with Gasteiger partial charge in [0.2, 0.25) is 11.8 Å². The molecule has 0 radical (unpaired) electrons. The van der Waals surface area contributed by atoms with E-state index in [4.69, 9.17) is 0 Å². The van der Waals surface area contributed by atoms with Crippen molar-refractivity contribution in [3.05, 3.63) is 0 Å². The molecule has 0 unspecified atom stereocenters. The van der Waals surface area contributed by atoms with Crippen LogP contribution in [0.15, 0.2) is 0 Å². The number of amides is 2. The molecule has 90 valence electrons. The Kier molecular flexibility index (Phi) is 4.28. The van der Waals surface area contributed by atoms with Gasteiger partial charge in [-0.15, -0.1) is 0 Å². The van der Waals surface area contributed by atoms with Gasteiger partial charge in [0.25, 0.3) is 0 Å². The molecular weight excluding hydrogens is 212 g/mol. The molecule has 0 N–H and O–H groups in total. The smallest absolute Gasteiger partial charge is 0.325 e. The van der Waals surface area contributed by atoms with Crippen molar-refractivity contribution in [2.45, 2.75) is 13.3 Å². The standard InChI is InChI=1S/C10H16N2O4/c1-3-4-11-5-9(14)12(6-8(11)13)7-10(15)16-2/h3-7H2,1-2H3. The predicted molar refractivity (Wildman–Crippen MR) is 55.5 cm³/mol. The highest BCUT2D eigenvalue weighted by molar-refractivity contribution is 5.94. The van der Waals surface area contributed by atoms with E-state index in [-0.39, 0.29) is 31.4 Å². The highest BCUT2D eigenvalue weighted by atomic mass is 16.5. The van der Waals surface area contributed by atoms with Crippen LogP contribution >= 0.6 is 0 Å². The Labute approximate surface area is 94.1 Å². The maximum atomic E-state index is 11.6. The van der Waals surface area contributed by atoms with Gasteiger partial charge in [-0.3, -0.25) is 14.4 Å². The fourth-order valence-corrected chi connectivity index (χ4v) is 1.54. The number of methoxy groups -OCH3 is 1. The van der Waals surface area contributed by atoms with Crippen LogP contribution in [-0.2, 0) is 19.1 Å². The molecule has 0 aromatic heterocycles. The van der Waals surface area contributed by atoms with Gasteiger partial charge in [-0.05, 0) is 6.42 Å². The zero-order valence-corrected chi connectivity index (χ0v) is 9.56. The summed E-state index contributed by atoms with van der Waals surface area (Å²) in [5.41, 5.74) is 0. The van der Waals surface area contributed by atoms with Crippen LogP contribution < -0.4 is 0 Å². The lowest BCUT2D eigenvalue weighted by Gasteiger charge is -2.32. The van der Waals surface area contributed by atoms with Gasteiger partial charge in [0.05, 0.1) is 13.7 Å². The fraction of sp³-hybridized carbons (Fsp3) is 0.700. The average molecular weight is 228 g/mol. The van der Waals surface area contributed by atoms with Crippen LogP contribution in [0.3, 0.4) is 0 Å². The van der Waals surface area contributed by atoms with E-state index >= 15 is 0 Å². The molecule has 0 saturated carbocycles. The topological polar surface area (TPSA) is 66.9 Å². The van der Waals surface area contributed by atoms with Gasteiger partial charge in [0.15, 0.2) is 0 Å². The Hall–Kier alpha value is -1.59. The van der Waals surface area contributed by atoms with E-state index in [0.29, 0.717) is 6.54 Å². The quantitative estimate of drug-likeness (QED) is 0.593. The third-order valence-corrected chi connectivity index (χ3v) is 2.40. The maximum absolute atomic E-state index is 11.6. The molecule has 6 nitrogen and oxygen atoms in total. The first-order valence-electron chi connectivity index (χ1n) is 5.20. The van der Waals surface area contributed by atoms with Gasteiger partial charge < -0.3 is 14.5 Å². The Balaban J connectivity index is 2.56. The number of hydrogen-bond acceptors (Lipinski definition) is 4. The van der Waals surface area contributed by atoms with E-state index in [1.54, 1.807) is 0 Å². The molecule has 6 heteroatoms. The van der Waals surface area contributed by atoms with E-state index in [2.05, 4.69) is 4.74 Å². The molecule has 1 aliphatic heterocycles. The third-order valence-electron chi connectivity index (χ3n) is 2.40. The second-order valence-electron chi connectivity index (χ2n) is 3.64. The van der Waals surface area contributed by atoms with Crippen LogP contribution in [0.25, 0.3) is 0 Å². The van der Waals surface area contributed by atoms with E-state index in [0.717, 1.165) is 6.42 Å². The van der Waals surface area contributed by atoms with Crippen molar-refractivity contribution in [3.63, 3.8) is 0 Å². The second-order valence-corrected chi connectivity index (χ2v) is 3.64. The number of piperazine rings is 1. The molecule has 0 bridgehead atoms. The van der Waals surface area contributed by atoms with Crippen LogP contribution in [0, 0.1) is 0 Å². The molecule has 1 saturated heterocycles. The first-order valence-corrected chi connectivity index (χ1v) is 5.20. The predicted octanol–water partition coefficient (Wildman–Crippen LogP) is -0.760. The molecule has 1 heterocycles. The summed E-state index contributed by atoms with van der Waals surface area (Å²) in [7, 11) is 1.25. The Morgan fingerprint density at radius 1 is 1.25 bits per heavy atom. The monoisotopic (exact) mass is 228 g/mol. The molecule has 0 aliphatic carbocycles. The largest absolute Gasteiger partial charge is 0.468 e. The van der Waals surface area contributed by atoms with Crippen LogP contribution in [0.5, 0.6) is 0 Å². The average Bonchev–Trinajstić information content (AvgIpc) is 2.25. The molecule has 1 aliphatic rings. The van der Waals surface area contributed by atoms with E-state index < -0.39 is 5.97 Å². The van der Waals surface area contributed by atoms with Gasteiger partial charge in [-0.2, -0.15) is 0 Å². The maximum Gasteiger partial charge on any atom is 0.325 e. The lowest BCUT2D eigenvalue weighted by atomic mass is 10.2. The molecule has 0 atom stereocenters. The molecule has 1 rings (SSSR count). The van der Waals surface area contributed by atoms with Crippen LogP contribution in [0.2, 0.25) is 0 Å². The lowest BCUT2D eigenvalue weighted by Crippen LogP contribution is -2.55. The Morgan fingerprint density at radius 3 is 2.38 bits per heavy atom. The zero-order chi connectivity index (χ0) is 12.1. The number of carbonyl (C=O) groups excluding carboxylic acids is 3. The van der Waals surface area contributed by atoms with Crippen molar-refractivity contribution in [3.8, 4) is 0 Å². The summed E-state index contributed by atoms with van der Waals surface area (Å²) in [6, 6.07) is 0. The SMILES string of the molecule is CCCN1CC(=O)N(CC(=O)OC)CC1=O. The molecule has 0 spiro atoms. The van der Waals surface area contributed by atoms with Crippen molar-refractivity contribution in [2.24, 2.45) is 0 Å². The van der Waals surface area contributed by atoms with Gasteiger partial charge in [0.1, 0.15) is 13.1 Å². The van der Waals surface area contributed by atoms with Crippen molar-refractivity contribution in [1.29, 1.82) is 0 Å². The normalized spacial score (nSPS) is 16.6. The minimum Gasteiger partial charge on any atom is -0.468 e. The Morgan fingerprint density at radius 2 is 1.81 bits per heavy atom. The van der Waals surface area contributed by atoms with Crippen molar-refractivity contribution < 1.29 is 19.1 Å². The zero-order valence-electron chi connectivity index (χ0n) is 9.56. The summed E-state index contributed by atoms with van der Waals surface area (Å²) in [6.45, 7) is 2.40. The summed E-state index contributed by atoms with van der Waals surface area (Å²) in [6.07, 6.45) is 0.815. The van der Waals surface area contributed by atoms with Crippen molar-refractivity contribution in [1.82, 2.24) is 9.80 Å². The van der Waals surface area contributed by atoms with Crippen molar-refractivity contribution >= 4 is 17.8 Å². The van der Waals surface area contributed by atoms with E-state index in [1.165, 1.54) is 16.9 Å².